The Morgan fingerprint density at radius 1 is 1.17 bits per heavy atom. The number of hydrogen-bond donors (Lipinski definition) is 1. The fourth-order valence-electron chi connectivity index (χ4n) is 2.54. The average Bonchev–Trinajstić information content (AvgIpc) is 2.32. The summed E-state index contributed by atoms with van der Waals surface area (Å²) in [5.41, 5.74) is 2.50. The molecule has 2 nitrogen and oxygen atoms in total. The van der Waals surface area contributed by atoms with Crippen LogP contribution in [0.25, 0.3) is 0 Å². The Labute approximate surface area is 112 Å². The molecule has 0 aromatic heterocycles. The van der Waals surface area contributed by atoms with Gasteiger partial charge in [0.05, 0.1) is 11.6 Å². The van der Waals surface area contributed by atoms with Gasteiger partial charge in [-0.25, -0.2) is 0 Å². The molecule has 0 fully saturated rings. The molecule has 0 saturated heterocycles. The molecule has 1 rings (SSSR count). The van der Waals surface area contributed by atoms with Gasteiger partial charge in [0, 0.05) is 6.61 Å². The molecular weight excluding hydrogens is 222 g/mol. The van der Waals surface area contributed by atoms with Crippen LogP contribution in [0.4, 0.5) is 0 Å². The third-order valence-electron chi connectivity index (χ3n) is 3.35. The second-order valence-electron chi connectivity index (χ2n) is 5.25. The molecule has 1 unspecified atom stereocenters. The summed E-state index contributed by atoms with van der Waals surface area (Å²) >= 11 is 0. The third-order valence-corrected chi connectivity index (χ3v) is 3.35. The molecule has 1 atom stereocenters. The predicted molar refractivity (Wildman–Crippen MR) is 77.9 cm³/mol. The molecule has 2 heteroatoms. The van der Waals surface area contributed by atoms with Crippen molar-refractivity contribution in [3.05, 3.63) is 35.4 Å². The first kappa shape index (κ1) is 15.2. The monoisotopic (exact) mass is 249 g/mol. The molecule has 0 aliphatic heterocycles. The Morgan fingerprint density at radius 3 is 2.22 bits per heavy atom. The van der Waals surface area contributed by atoms with Crippen LogP contribution in [-0.4, -0.2) is 19.3 Å². The Morgan fingerprint density at radius 2 is 1.78 bits per heavy atom. The molecule has 18 heavy (non-hydrogen) atoms. The van der Waals surface area contributed by atoms with E-state index in [0.29, 0.717) is 0 Å². The van der Waals surface area contributed by atoms with E-state index in [4.69, 9.17) is 4.74 Å². The summed E-state index contributed by atoms with van der Waals surface area (Å²) in [6.45, 7) is 9.26. The highest BCUT2D eigenvalue weighted by Crippen LogP contribution is 2.28. The van der Waals surface area contributed by atoms with Gasteiger partial charge in [-0.2, -0.15) is 0 Å². The van der Waals surface area contributed by atoms with Crippen LogP contribution in [0, 0.1) is 0 Å². The highest BCUT2D eigenvalue weighted by Gasteiger charge is 2.29. The van der Waals surface area contributed by atoms with Crippen LogP contribution in [0.1, 0.15) is 51.3 Å². The van der Waals surface area contributed by atoms with Crippen molar-refractivity contribution in [3.63, 3.8) is 0 Å². The summed E-state index contributed by atoms with van der Waals surface area (Å²) in [4.78, 5) is 0. The Balaban J connectivity index is 2.88. The van der Waals surface area contributed by atoms with Gasteiger partial charge in [0.25, 0.3) is 0 Å². The van der Waals surface area contributed by atoms with Gasteiger partial charge in [0.2, 0.25) is 0 Å². The number of rotatable bonds is 7. The average molecular weight is 249 g/mol. The molecule has 0 bridgehead atoms. The van der Waals surface area contributed by atoms with Crippen molar-refractivity contribution in [2.24, 2.45) is 0 Å². The van der Waals surface area contributed by atoms with E-state index in [1.807, 2.05) is 14.0 Å². The Hall–Kier alpha value is -0.860. The summed E-state index contributed by atoms with van der Waals surface area (Å²) < 4.78 is 5.85. The minimum atomic E-state index is -0.199. The van der Waals surface area contributed by atoms with E-state index in [1.165, 1.54) is 17.5 Å². The van der Waals surface area contributed by atoms with Gasteiger partial charge in [0.15, 0.2) is 0 Å². The second-order valence-corrected chi connectivity index (χ2v) is 5.25. The Kier molecular flexibility index (Phi) is 5.83. The fraction of sp³-hybridized carbons (Fsp3) is 0.625. The van der Waals surface area contributed by atoms with E-state index in [2.05, 4.69) is 50.4 Å². The van der Waals surface area contributed by atoms with Gasteiger partial charge in [-0.1, -0.05) is 37.6 Å². The van der Waals surface area contributed by atoms with Gasteiger partial charge < -0.3 is 10.1 Å². The molecule has 0 spiro atoms. The molecule has 1 aromatic rings. The van der Waals surface area contributed by atoms with Gasteiger partial charge >= 0.3 is 0 Å². The molecular formula is C16H27NO. The van der Waals surface area contributed by atoms with Gasteiger partial charge in [-0.15, -0.1) is 0 Å². The highest BCUT2D eigenvalue weighted by atomic mass is 16.5. The van der Waals surface area contributed by atoms with Crippen molar-refractivity contribution in [2.75, 3.05) is 13.7 Å². The minimum Gasteiger partial charge on any atom is -0.374 e. The molecule has 1 N–H and O–H groups in total. The minimum absolute atomic E-state index is 0.199. The maximum Gasteiger partial charge on any atom is 0.0820 e. The van der Waals surface area contributed by atoms with Gasteiger partial charge in [-0.05, 0) is 45.4 Å². The lowest BCUT2D eigenvalue weighted by molar-refractivity contribution is -0.0374. The quantitative estimate of drug-likeness (QED) is 0.795. The largest absolute Gasteiger partial charge is 0.374 e. The second kappa shape index (κ2) is 6.91. The maximum atomic E-state index is 5.85. The van der Waals surface area contributed by atoms with Crippen LogP contribution < -0.4 is 5.32 Å². The number of nitrogens with one attached hydrogen (secondary N) is 1. The number of ether oxygens (including phenoxy) is 1. The first-order valence-electron chi connectivity index (χ1n) is 6.95. The molecule has 0 aliphatic carbocycles. The van der Waals surface area contributed by atoms with Crippen molar-refractivity contribution in [2.45, 2.75) is 52.2 Å². The van der Waals surface area contributed by atoms with Crippen molar-refractivity contribution in [1.29, 1.82) is 0 Å². The summed E-state index contributed by atoms with van der Waals surface area (Å²) in [7, 11) is 1.99. The highest BCUT2D eigenvalue weighted by molar-refractivity contribution is 5.27. The number of benzene rings is 1. The fourth-order valence-corrected chi connectivity index (χ4v) is 2.54. The van der Waals surface area contributed by atoms with E-state index in [0.717, 1.165) is 13.0 Å². The molecule has 0 heterocycles. The van der Waals surface area contributed by atoms with Crippen molar-refractivity contribution < 1.29 is 4.74 Å². The standard InChI is InChI=1S/C16H27NO/c1-6-8-13-9-11-14(12-10-13)15(17-5)16(3,4)18-7-2/h9-12,15,17H,6-8H2,1-5H3. The van der Waals surface area contributed by atoms with Crippen LogP contribution in [0.15, 0.2) is 24.3 Å². The number of aryl methyl sites for hydroxylation is 1. The molecule has 102 valence electrons. The van der Waals surface area contributed by atoms with E-state index >= 15 is 0 Å². The van der Waals surface area contributed by atoms with Gasteiger partial charge in [0.1, 0.15) is 0 Å². The Bertz CT molecular complexity index is 343. The van der Waals surface area contributed by atoms with Crippen molar-refractivity contribution in [3.8, 4) is 0 Å². The summed E-state index contributed by atoms with van der Waals surface area (Å²) in [6.07, 6.45) is 2.35. The topological polar surface area (TPSA) is 21.3 Å². The lowest BCUT2D eigenvalue weighted by Gasteiger charge is -2.34. The van der Waals surface area contributed by atoms with E-state index in [1.54, 1.807) is 0 Å². The van der Waals surface area contributed by atoms with E-state index < -0.39 is 0 Å². The SMILES string of the molecule is CCCc1ccc(C(NC)C(C)(C)OCC)cc1. The van der Waals surface area contributed by atoms with E-state index in [9.17, 15) is 0 Å². The van der Waals surface area contributed by atoms with Gasteiger partial charge in [-0.3, -0.25) is 0 Å². The van der Waals surface area contributed by atoms with Crippen molar-refractivity contribution in [1.82, 2.24) is 5.32 Å². The molecule has 1 aromatic carbocycles. The van der Waals surface area contributed by atoms with Crippen LogP contribution >= 0.6 is 0 Å². The molecule has 0 radical (unpaired) electrons. The first-order valence-corrected chi connectivity index (χ1v) is 6.95. The maximum absolute atomic E-state index is 5.85. The lowest BCUT2D eigenvalue weighted by Crippen LogP contribution is -2.40. The normalized spacial score (nSPS) is 13.6. The number of likely N-dealkylation sites (N-methyl/N-ethyl adjacent to an activating group) is 1. The van der Waals surface area contributed by atoms with E-state index in [-0.39, 0.29) is 11.6 Å². The lowest BCUT2D eigenvalue weighted by atomic mass is 9.91. The summed E-state index contributed by atoms with van der Waals surface area (Å²) in [6, 6.07) is 9.10. The van der Waals surface area contributed by atoms with Crippen LogP contribution in [-0.2, 0) is 11.2 Å². The molecule has 0 amide bonds. The smallest absolute Gasteiger partial charge is 0.0820 e. The summed E-state index contributed by atoms with van der Waals surface area (Å²) in [5, 5.41) is 3.37. The van der Waals surface area contributed by atoms with Crippen LogP contribution in [0.2, 0.25) is 0 Å². The zero-order valence-electron chi connectivity index (χ0n) is 12.4. The van der Waals surface area contributed by atoms with Crippen molar-refractivity contribution >= 4 is 0 Å². The molecule has 0 aliphatic rings. The van der Waals surface area contributed by atoms with Crippen LogP contribution in [0.3, 0.4) is 0 Å². The third kappa shape index (κ3) is 3.82. The zero-order chi connectivity index (χ0) is 13.6. The van der Waals surface area contributed by atoms with Crippen LogP contribution in [0.5, 0.6) is 0 Å². The first-order chi connectivity index (χ1) is 8.55. The zero-order valence-corrected chi connectivity index (χ0v) is 12.4. The summed E-state index contributed by atoms with van der Waals surface area (Å²) in [5.74, 6) is 0. The number of hydrogen-bond acceptors (Lipinski definition) is 2. The molecule has 0 saturated carbocycles. The predicted octanol–water partition coefficient (Wildman–Crippen LogP) is 3.71.